The molecule has 0 fully saturated rings. The Kier molecular flexibility index (Phi) is 4.60. The van der Waals surface area contributed by atoms with Crippen LogP contribution in [0.5, 0.6) is 0 Å². The van der Waals surface area contributed by atoms with Crippen molar-refractivity contribution in [3.63, 3.8) is 0 Å². The third-order valence-corrected chi connectivity index (χ3v) is 9.26. The standard InChI is InChI=1S/C24H23ClN2S/c1-28-20(13-17-8-11-26-12-9-17)15-24-10-7-19(25)14-22(24)27-16-21(23(24)28)18-5-3-2-4-6-18/h2-9,11-12,14,16,20-21H,10,13,15H2,1H3. The summed E-state index contributed by atoms with van der Waals surface area (Å²) in [6, 6.07) is 15.1. The molecule has 5 rings (SSSR count). The second kappa shape index (κ2) is 7.13. The lowest BCUT2D eigenvalue weighted by molar-refractivity contribution is 0.448. The van der Waals surface area contributed by atoms with Crippen molar-refractivity contribution in [2.45, 2.75) is 30.4 Å². The number of halogens is 1. The fourth-order valence-electron chi connectivity index (χ4n) is 4.98. The van der Waals surface area contributed by atoms with Crippen LogP contribution in [0.15, 0.2) is 82.7 Å². The van der Waals surface area contributed by atoms with Gasteiger partial charge in [0.15, 0.2) is 0 Å². The first-order chi connectivity index (χ1) is 13.7. The molecule has 4 unspecified atom stereocenters. The van der Waals surface area contributed by atoms with Gasteiger partial charge in [-0.15, -0.1) is 0 Å². The molecule has 3 heterocycles. The molecule has 2 aromatic rings. The van der Waals surface area contributed by atoms with Crippen LogP contribution in [0.1, 0.15) is 29.9 Å². The fourth-order valence-corrected chi connectivity index (χ4v) is 7.98. The van der Waals surface area contributed by atoms with E-state index < -0.39 is 0 Å². The van der Waals surface area contributed by atoms with Crippen molar-refractivity contribution in [1.29, 1.82) is 0 Å². The number of nitrogens with zero attached hydrogens (tertiary/aromatic N) is 2. The SMILES string of the molecule is CS1=C2C(c3ccccc3)C=NC3=CC(Cl)=CCC32CC1Cc1ccncc1. The Balaban J connectivity index is 1.62. The summed E-state index contributed by atoms with van der Waals surface area (Å²) in [5.74, 6) is 0.291. The van der Waals surface area contributed by atoms with Crippen LogP contribution in [0, 0.1) is 5.41 Å². The molecule has 0 amide bonds. The van der Waals surface area contributed by atoms with E-state index in [0.29, 0.717) is 11.2 Å². The van der Waals surface area contributed by atoms with Gasteiger partial charge >= 0.3 is 0 Å². The minimum Gasteiger partial charge on any atom is -0.265 e. The van der Waals surface area contributed by atoms with Crippen LogP contribution in [-0.2, 0) is 6.42 Å². The van der Waals surface area contributed by atoms with Crippen molar-refractivity contribution in [2.75, 3.05) is 6.26 Å². The van der Waals surface area contributed by atoms with Crippen LogP contribution >= 0.6 is 22.1 Å². The van der Waals surface area contributed by atoms with Gasteiger partial charge in [0.2, 0.25) is 0 Å². The first-order valence-electron chi connectivity index (χ1n) is 9.75. The number of hydrogen-bond donors (Lipinski definition) is 0. The Morgan fingerprint density at radius 3 is 2.71 bits per heavy atom. The van der Waals surface area contributed by atoms with Gasteiger partial charge in [0.05, 0.1) is 5.70 Å². The van der Waals surface area contributed by atoms with Crippen LogP contribution in [0.4, 0.5) is 0 Å². The van der Waals surface area contributed by atoms with Gasteiger partial charge in [-0.2, -0.15) is 10.5 Å². The second-order valence-electron chi connectivity index (χ2n) is 7.88. The molecule has 142 valence electrons. The molecule has 1 spiro atoms. The van der Waals surface area contributed by atoms with Crippen molar-refractivity contribution < 1.29 is 0 Å². The molecule has 3 aliphatic rings. The van der Waals surface area contributed by atoms with E-state index in [4.69, 9.17) is 16.6 Å². The third kappa shape index (κ3) is 2.92. The summed E-state index contributed by atoms with van der Waals surface area (Å²) in [6.45, 7) is 0. The van der Waals surface area contributed by atoms with Gasteiger partial charge in [0.25, 0.3) is 0 Å². The average molecular weight is 407 g/mol. The third-order valence-electron chi connectivity index (χ3n) is 6.32. The molecule has 0 saturated carbocycles. The Hall–Kier alpha value is -1.97. The van der Waals surface area contributed by atoms with Gasteiger partial charge in [-0.25, -0.2) is 0 Å². The lowest BCUT2D eigenvalue weighted by Crippen LogP contribution is -2.38. The maximum atomic E-state index is 6.38. The van der Waals surface area contributed by atoms with E-state index in [-0.39, 0.29) is 15.9 Å². The van der Waals surface area contributed by atoms with E-state index >= 15 is 0 Å². The number of pyridine rings is 1. The average Bonchev–Trinajstić information content (AvgIpc) is 3.01. The highest BCUT2D eigenvalue weighted by Gasteiger charge is 2.51. The van der Waals surface area contributed by atoms with Gasteiger partial charge in [0.1, 0.15) is 0 Å². The fraction of sp³-hybridized carbons (Fsp3) is 0.292. The van der Waals surface area contributed by atoms with Crippen LogP contribution in [0.25, 0.3) is 0 Å². The summed E-state index contributed by atoms with van der Waals surface area (Å²) in [5, 5.41) is 1.45. The molecule has 2 aliphatic heterocycles. The molecule has 4 atom stereocenters. The highest BCUT2D eigenvalue weighted by atomic mass is 35.5. The molecule has 4 heteroatoms. The van der Waals surface area contributed by atoms with Crippen LogP contribution in [0.2, 0.25) is 0 Å². The Morgan fingerprint density at radius 2 is 1.93 bits per heavy atom. The van der Waals surface area contributed by atoms with Crippen molar-refractivity contribution in [1.82, 2.24) is 4.98 Å². The maximum Gasteiger partial charge on any atom is 0.0525 e. The predicted octanol–water partition coefficient (Wildman–Crippen LogP) is 5.73. The smallest absolute Gasteiger partial charge is 0.0525 e. The summed E-state index contributed by atoms with van der Waals surface area (Å²) in [7, 11) is 0.195. The summed E-state index contributed by atoms with van der Waals surface area (Å²) in [4.78, 5) is 10.8. The van der Waals surface area contributed by atoms with Gasteiger partial charge in [-0.1, -0.05) is 48.0 Å². The monoisotopic (exact) mass is 406 g/mol. The molecule has 0 bridgehead atoms. The van der Waals surface area contributed by atoms with E-state index in [1.807, 2.05) is 12.4 Å². The van der Waals surface area contributed by atoms with E-state index in [9.17, 15) is 0 Å². The number of benzene rings is 1. The van der Waals surface area contributed by atoms with E-state index in [1.165, 1.54) is 16.8 Å². The normalized spacial score (nSPS) is 31.1. The Bertz CT molecular complexity index is 1020. The lowest BCUT2D eigenvalue weighted by Gasteiger charge is -2.40. The van der Waals surface area contributed by atoms with E-state index in [0.717, 1.165) is 24.3 Å². The zero-order valence-corrected chi connectivity index (χ0v) is 17.5. The highest BCUT2D eigenvalue weighted by Crippen LogP contribution is 2.58. The van der Waals surface area contributed by atoms with Crippen LogP contribution < -0.4 is 0 Å². The van der Waals surface area contributed by atoms with Gasteiger partial charge in [0, 0.05) is 40.2 Å². The van der Waals surface area contributed by atoms with Crippen LogP contribution in [-0.4, -0.2) is 27.6 Å². The van der Waals surface area contributed by atoms with Gasteiger partial charge in [-0.3, -0.25) is 9.98 Å². The summed E-state index contributed by atoms with van der Waals surface area (Å²) >= 11 is 6.38. The molecule has 0 N–H and O–H groups in total. The largest absolute Gasteiger partial charge is 0.265 e. The number of aliphatic imine (C=N–C) groups is 1. The van der Waals surface area contributed by atoms with Crippen molar-refractivity contribution in [3.05, 3.63) is 88.9 Å². The topological polar surface area (TPSA) is 25.2 Å². The van der Waals surface area contributed by atoms with Crippen molar-refractivity contribution in [3.8, 4) is 0 Å². The first kappa shape index (κ1) is 18.1. The highest BCUT2D eigenvalue weighted by molar-refractivity contribution is 8.16. The molecular weight excluding hydrogens is 384 g/mol. The molecule has 2 nitrogen and oxygen atoms in total. The summed E-state index contributed by atoms with van der Waals surface area (Å²) in [6.07, 6.45) is 15.9. The Morgan fingerprint density at radius 1 is 1.14 bits per heavy atom. The summed E-state index contributed by atoms with van der Waals surface area (Å²) in [5.41, 5.74) is 3.92. The molecule has 1 aromatic carbocycles. The number of aromatic nitrogens is 1. The first-order valence-corrected chi connectivity index (χ1v) is 11.8. The molecule has 0 saturated heterocycles. The van der Waals surface area contributed by atoms with Crippen molar-refractivity contribution >= 4 is 33.2 Å². The molecule has 1 aromatic heterocycles. The zero-order valence-electron chi connectivity index (χ0n) is 15.9. The zero-order chi connectivity index (χ0) is 19.1. The predicted molar refractivity (Wildman–Crippen MR) is 122 cm³/mol. The Labute approximate surface area is 174 Å². The molecule has 0 radical (unpaired) electrons. The van der Waals surface area contributed by atoms with Gasteiger partial charge < -0.3 is 0 Å². The number of hydrogen-bond acceptors (Lipinski definition) is 2. The molecule has 28 heavy (non-hydrogen) atoms. The minimum absolute atomic E-state index is 0.0310. The summed E-state index contributed by atoms with van der Waals surface area (Å²) < 4.78 is 0. The number of allylic oxidation sites excluding steroid dienone is 4. The minimum atomic E-state index is 0.0310. The van der Waals surface area contributed by atoms with E-state index in [1.54, 1.807) is 4.86 Å². The van der Waals surface area contributed by atoms with Crippen LogP contribution in [0.3, 0.4) is 0 Å². The molecular formula is C24H23ClN2S. The molecule has 1 aliphatic carbocycles. The van der Waals surface area contributed by atoms with Gasteiger partial charge in [-0.05, 0) is 59.7 Å². The van der Waals surface area contributed by atoms with Crippen molar-refractivity contribution in [2.24, 2.45) is 10.4 Å². The van der Waals surface area contributed by atoms with E-state index in [2.05, 4.69) is 72.1 Å². The quantitative estimate of drug-likeness (QED) is 0.597. The maximum absolute atomic E-state index is 6.38. The number of rotatable bonds is 3. The second-order valence-corrected chi connectivity index (χ2v) is 10.5. The lowest BCUT2D eigenvalue weighted by atomic mass is 9.66.